The molecule has 0 saturated carbocycles. The molecule has 0 spiro atoms. The third-order valence-corrected chi connectivity index (χ3v) is 4.05. The normalized spacial score (nSPS) is 10.7. The van der Waals surface area contributed by atoms with Crippen LogP contribution in [0.1, 0.15) is 31.9 Å². The molecule has 3 aromatic rings. The minimum Gasteiger partial charge on any atom is -0.493 e. The molecule has 3 N–H and O–H groups in total. The summed E-state index contributed by atoms with van der Waals surface area (Å²) >= 11 is 0. The summed E-state index contributed by atoms with van der Waals surface area (Å²) in [5.41, 5.74) is 9.17. The van der Waals surface area contributed by atoms with E-state index in [2.05, 4.69) is 17.1 Å². The molecule has 0 aliphatic carbocycles. The van der Waals surface area contributed by atoms with Crippen molar-refractivity contribution in [1.82, 2.24) is 10.2 Å². The number of aromatic amines is 1. The van der Waals surface area contributed by atoms with Gasteiger partial charge in [0.1, 0.15) is 18.1 Å². The summed E-state index contributed by atoms with van der Waals surface area (Å²) in [6.07, 6.45) is 3.42. The highest BCUT2D eigenvalue weighted by Gasteiger charge is 2.10. The topological polar surface area (TPSA) is 73.2 Å². The lowest BCUT2D eigenvalue weighted by Crippen LogP contribution is -1.98. The van der Waals surface area contributed by atoms with Crippen molar-refractivity contribution < 1.29 is 9.47 Å². The zero-order valence-electron chi connectivity index (χ0n) is 15.1. The number of benzene rings is 2. The minimum atomic E-state index is 0.399. The number of unbranched alkanes of at least 4 members (excludes halogenated alkanes) is 2. The van der Waals surface area contributed by atoms with E-state index >= 15 is 0 Å². The van der Waals surface area contributed by atoms with E-state index in [1.165, 1.54) is 12.8 Å². The molecule has 0 aliphatic rings. The van der Waals surface area contributed by atoms with Crippen LogP contribution < -0.4 is 15.2 Å². The largest absolute Gasteiger partial charge is 0.493 e. The van der Waals surface area contributed by atoms with Gasteiger partial charge in [-0.15, -0.1) is 0 Å². The maximum atomic E-state index is 5.95. The second-order valence-electron chi connectivity index (χ2n) is 6.19. The molecule has 1 aromatic heterocycles. The van der Waals surface area contributed by atoms with Gasteiger partial charge in [0.15, 0.2) is 0 Å². The fraction of sp³-hybridized carbons (Fsp3) is 0.286. The summed E-state index contributed by atoms with van der Waals surface area (Å²) in [6, 6.07) is 17.4. The van der Waals surface area contributed by atoms with Crippen LogP contribution in [-0.2, 0) is 6.61 Å². The number of nitrogens with zero attached hydrogens (tertiary/aromatic N) is 1. The fourth-order valence-corrected chi connectivity index (χ4v) is 2.68. The van der Waals surface area contributed by atoms with E-state index in [0.717, 1.165) is 41.5 Å². The number of aromatic nitrogens is 2. The molecule has 0 atom stereocenters. The van der Waals surface area contributed by atoms with Gasteiger partial charge in [-0.05, 0) is 36.8 Å². The molecule has 5 nitrogen and oxygen atoms in total. The lowest BCUT2D eigenvalue weighted by atomic mass is 10.1. The summed E-state index contributed by atoms with van der Waals surface area (Å²) in [5, 5.41) is 7.44. The van der Waals surface area contributed by atoms with Gasteiger partial charge in [0.25, 0.3) is 0 Å². The molecule has 2 aromatic carbocycles. The number of rotatable bonds is 9. The fourth-order valence-electron chi connectivity index (χ4n) is 2.68. The number of H-pyrrole nitrogens is 1. The van der Waals surface area contributed by atoms with Gasteiger partial charge in [0.2, 0.25) is 0 Å². The van der Waals surface area contributed by atoms with Crippen LogP contribution in [0.3, 0.4) is 0 Å². The van der Waals surface area contributed by atoms with Gasteiger partial charge < -0.3 is 15.2 Å². The Hall–Kier alpha value is -2.95. The molecule has 0 aliphatic heterocycles. The molecule has 0 amide bonds. The third-order valence-electron chi connectivity index (χ3n) is 4.05. The Morgan fingerprint density at radius 3 is 2.73 bits per heavy atom. The van der Waals surface area contributed by atoms with Gasteiger partial charge in [0.05, 0.1) is 18.0 Å². The number of anilines is 1. The van der Waals surface area contributed by atoms with Crippen LogP contribution in [0.2, 0.25) is 0 Å². The van der Waals surface area contributed by atoms with Crippen LogP contribution in [-0.4, -0.2) is 16.8 Å². The van der Waals surface area contributed by atoms with E-state index in [9.17, 15) is 0 Å². The smallest absolute Gasteiger partial charge is 0.130 e. The van der Waals surface area contributed by atoms with Crippen molar-refractivity contribution >= 4 is 5.69 Å². The van der Waals surface area contributed by atoms with Gasteiger partial charge in [0, 0.05) is 17.3 Å². The molecule has 0 bridgehead atoms. The van der Waals surface area contributed by atoms with E-state index < -0.39 is 0 Å². The SMILES string of the molecule is CCCCCOc1ccccc1-c1cc(COc2cccc(N)c2)[nH]n1. The third kappa shape index (κ3) is 4.79. The van der Waals surface area contributed by atoms with E-state index in [1.54, 1.807) is 6.07 Å². The number of nitrogens with one attached hydrogen (secondary N) is 1. The second kappa shape index (κ2) is 8.94. The van der Waals surface area contributed by atoms with Gasteiger partial charge in [-0.25, -0.2) is 0 Å². The Morgan fingerprint density at radius 2 is 1.88 bits per heavy atom. The Morgan fingerprint density at radius 1 is 1.00 bits per heavy atom. The summed E-state index contributed by atoms with van der Waals surface area (Å²) in [5.74, 6) is 1.60. The maximum absolute atomic E-state index is 5.95. The first-order valence-electron chi connectivity index (χ1n) is 9.01. The zero-order chi connectivity index (χ0) is 18.2. The predicted octanol–water partition coefficient (Wildman–Crippen LogP) is 4.81. The first-order valence-corrected chi connectivity index (χ1v) is 9.01. The predicted molar refractivity (Wildman–Crippen MR) is 104 cm³/mol. The summed E-state index contributed by atoms with van der Waals surface area (Å²) < 4.78 is 11.7. The molecule has 0 fully saturated rings. The van der Waals surface area contributed by atoms with Gasteiger partial charge >= 0.3 is 0 Å². The number of nitrogens with two attached hydrogens (primary N) is 1. The lowest BCUT2D eigenvalue weighted by molar-refractivity contribution is 0.301. The monoisotopic (exact) mass is 351 g/mol. The summed E-state index contributed by atoms with van der Waals surface area (Å²) in [7, 11) is 0. The van der Waals surface area contributed by atoms with Crippen LogP contribution in [0, 0.1) is 0 Å². The Kier molecular flexibility index (Phi) is 6.14. The maximum Gasteiger partial charge on any atom is 0.130 e. The van der Waals surface area contributed by atoms with Gasteiger partial charge in [-0.3, -0.25) is 5.10 Å². The van der Waals surface area contributed by atoms with Crippen LogP contribution in [0.4, 0.5) is 5.69 Å². The van der Waals surface area contributed by atoms with Crippen molar-refractivity contribution in [2.45, 2.75) is 32.8 Å². The summed E-state index contributed by atoms with van der Waals surface area (Å²) in [6.45, 7) is 3.31. The lowest BCUT2D eigenvalue weighted by Gasteiger charge is -2.09. The van der Waals surface area contributed by atoms with Crippen LogP contribution in [0.25, 0.3) is 11.3 Å². The molecule has 0 radical (unpaired) electrons. The van der Waals surface area contributed by atoms with Crippen LogP contribution in [0.15, 0.2) is 54.6 Å². The van der Waals surface area contributed by atoms with Crippen molar-refractivity contribution in [3.05, 3.63) is 60.3 Å². The molecule has 26 heavy (non-hydrogen) atoms. The number of ether oxygens (including phenoxy) is 2. The van der Waals surface area contributed by atoms with E-state index in [4.69, 9.17) is 15.2 Å². The first-order chi connectivity index (χ1) is 12.8. The summed E-state index contributed by atoms with van der Waals surface area (Å²) in [4.78, 5) is 0. The molecule has 0 saturated heterocycles. The molecule has 3 rings (SSSR count). The first kappa shape index (κ1) is 17.9. The number of hydrogen-bond acceptors (Lipinski definition) is 4. The standard InChI is InChI=1S/C21H25N3O2/c1-2-3-6-12-25-21-11-5-4-10-19(21)20-14-17(23-24-20)15-26-18-9-7-8-16(22)13-18/h4-5,7-11,13-14H,2-3,6,12,15,22H2,1H3,(H,23,24). The van der Waals surface area contributed by atoms with Gasteiger partial charge in [-0.2, -0.15) is 5.10 Å². The molecular formula is C21H25N3O2. The van der Waals surface area contributed by atoms with Gasteiger partial charge in [-0.1, -0.05) is 38.0 Å². The number of nitrogen functional groups attached to an aromatic ring is 1. The van der Waals surface area contributed by atoms with Crippen LogP contribution >= 0.6 is 0 Å². The van der Waals surface area contributed by atoms with Crippen molar-refractivity contribution in [2.24, 2.45) is 0 Å². The molecule has 1 heterocycles. The number of para-hydroxylation sites is 1. The van der Waals surface area contributed by atoms with E-state index in [1.807, 2.05) is 48.5 Å². The Balaban J connectivity index is 1.65. The van der Waals surface area contributed by atoms with Crippen molar-refractivity contribution in [2.75, 3.05) is 12.3 Å². The molecule has 0 unspecified atom stereocenters. The van der Waals surface area contributed by atoms with E-state index in [0.29, 0.717) is 12.3 Å². The molecule has 136 valence electrons. The Labute approximate surface area is 154 Å². The highest BCUT2D eigenvalue weighted by Crippen LogP contribution is 2.29. The average Bonchev–Trinajstić information content (AvgIpc) is 3.13. The Bertz CT molecular complexity index is 829. The number of hydrogen-bond donors (Lipinski definition) is 2. The van der Waals surface area contributed by atoms with E-state index in [-0.39, 0.29) is 0 Å². The second-order valence-corrected chi connectivity index (χ2v) is 6.19. The molecular weight excluding hydrogens is 326 g/mol. The highest BCUT2D eigenvalue weighted by molar-refractivity contribution is 5.67. The minimum absolute atomic E-state index is 0.399. The van der Waals surface area contributed by atoms with Crippen molar-refractivity contribution in [3.8, 4) is 22.8 Å². The van der Waals surface area contributed by atoms with Crippen LogP contribution in [0.5, 0.6) is 11.5 Å². The van der Waals surface area contributed by atoms with Crippen molar-refractivity contribution in [3.63, 3.8) is 0 Å². The average molecular weight is 351 g/mol. The van der Waals surface area contributed by atoms with Crippen molar-refractivity contribution in [1.29, 1.82) is 0 Å². The highest BCUT2D eigenvalue weighted by atomic mass is 16.5. The zero-order valence-corrected chi connectivity index (χ0v) is 15.1. The quantitative estimate of drug-likeness (QED) is 0.429. The molecule has 5 heteroatoms.